The van der Waals surface area contributed by atoms with Crippen LogP contribution in [0.2, 0.25) is 0 Å². The first-order valence-corrected chi connectivity index (χ1v) is 4.77. The van der Waals surface area contributed by atoms with Crippen LogP contribution in [0.15, 0.2) is 6.20 Å². The first kappa shape index (κ1) is 11.5. The highest BCUT2D eigenvalue weighted by Gasteiger charge is 2.14. The molecule has 6 heteroatoms. The summed E-state index contributed by atoms with van der Waals surface area (Å²) in [6, 6.07) is 0. The molecule has 0 aromatic carbocycles. The maximum atomic E-state index is 11.5. The van der Waals surface area contributed by atoms with Crippen molar-refractivity contribution in [2.45, 2.75) is 20.0 Å². The van der Waals surface area contributed by atoms with E-state index in [2.05, 4.69) is 15.5 Å². The molecule has 0 aliphatic carbocycles. The number of nitrogens with zero attached hydrogens (tertiary/aromatic N) is 1. The molecule has 0 aliphatic rings. The number of nitrogen functional groups attached to an aromatic ring is 1. The molecule has 0 radical (unpaired) electrons. The average molecular weight is 212 g/mol. The summed E-state index contributed by atoms with van der Waals surface area (Å²) in [4.78, 5) is 11.5. The predicted molar refractivity (Wildman–Crippen MR) is 56.2 cm³/mol. The van der Waals surface area contributed by atoms with Gasteiger partial charge in [0.15, 0.2) is 0 Å². The Bertz CT molecular complexity index is 335. The number of aromatic nitrogens is 2. The number of carbonyl (C=O) groups is 1. The minimum absolute atomic E-state index is 0.101. The fourth-order valence-corrected chi connectivity index (χ4v) is 0.999. The first-order valence-electron chi connectivity index (χ1n) is 4.77. The van der Waals surface area contributed by atoms with Crippen molar-refractivity contribution in [1.82, 2.24) is 15.5 Å². The van der Waals surface area contributed by atoms with E-state index >= 15 is 0 Å². The van der Waals surface area contributed by atoms with Gasteiger partial charge in [-0.3, -0.25) is 9.89 Å². The van der Waals surface area contributed by atoms with Crippen molar-refractivity contribution in [3.05, 3.63) is 11.9 Å². The number of amides is 1. The van der Waals surface area contributed by atoms with Gasteiger partial charge in [-0.05, 0) is 5.92 Å². The number of anilines is 1. The van der Waals surface area contributed by atoms with Gasteiger partial charge in [0, 0.05) is 6.54 Å². The lowest BCUT2D eigenvalue weighted by Crippen LogP contribution is -2.35. The van der Waals surface area contributed by atoms with Crippen LogP contribution in [0.1, 0.15) is 24.3 Å². The topological polar surface area (TPSA) is 104 Å². The number of aliphatic hydroxyl groups is 1. The van der Waals surface area contributed by atoms with Gasteiger partial charge in [0.05, 0.1) is 18.0 Å². The summed E-state index contributed by atoms with van der Waals surface area (Å²) in [7, 11) is 0. The number of hydrogen-bond acceptors (Lipinski definition) is 4. The molecule has 0 saturated heterocycles. The third-order valence-electron chi connectivity index (χ3n) is 2.14. The molecule has 15 heavy (non-hydrogen) atoms. The van der Waals surface area contributed by atoms with E-state index in [1.807, 2.05) is 13.8 Å². The Balaban J connectivity index is 2.47. The smallest absolute Gasteiger partial charge is 0.271 e. The standard InChI is InChI=1S/C9H16N4O2/c1-5(2)7(14)4-11-9(15)8-6(10)3-12-13-8/h3,5,7,14H,4,10H2,1-2H3,(H,11,15)(H,12,13). The second kappa shape index (κ2) is 4.79. The van der Waals surface area contributed by atoms with E-state index < -0.39 is 6.10 Å². The van der Waals surface area contributed by atoms with Crippen LogP contribution in [-0.4, -0.2) is 33.9 Å². The van der Waals surface area contributed by atoms with E-state index in [0.717, 1.165) is 0 Å². The molecule has 1 unspecified atom stereocenters. The zero-order chi connectivity index (χ0) is 11.4. The van der Waals surface area contributed by atoms with Crippen LogP contribution in [-0.2, 0) is 0 Å². The van der Waals surface area contributed by atoms with Gasteiger partial charge < -0.3 is 16.2 Å². The van der Waals surface area contributed by atoms with Crippen LogP contribution in [0.3, 0.4) is 0 Å². The van der Waals surface area contributed by atoms with Crippen LogP contribution >= 0.6 is 0 Å². The summed E-state index contributed by atoms with van der Waals surface area (Å²) < 4.78 is 0. The molecule has 1 rings (SSSR count). The molecule has 5 N–H and O–H groups in total. The van der Waals surface area contributed by atoms with Gasteiger partial charge in [0.2, 0.25) is 0 Å². The van der Waals surface area contributed by atoms with E-state index in [0.29, 0.717) is 5.69 Å². The number of nitrogens with one attached hydrogen (secondary N) is 2. The zero-order valence-electron chi connectivity index (χ0n) is 8.82. The molecule has 1 heterocycles. The molecular weight excluding hydrogens is 196 g/mol. The third-order valence-corrected chi connectivity index (χ3v) is 2.14. The second-order valence-corrected chi connectivity index (χ2v) is 3.72. The lowest BCUT2D eigenvalue weighted by molar-refractivity contribution is 0.0868. The molecule has 0 saturated carbocycles. The number of aromatic amines is 1. The Kier molecular flexibility index (Phi) is 3.68. The monoisotopic (exact) mass is 212 g/mol. The van der Waals surface area contributed by atoms with Crippen LogP contribution in [0, 0.1) is 5.92 Å². The normalized spacial score (nSPS) is 12.8. The van der Waals surface area contributed by atoms with Crippen molar-refractivity contribution in [3.8, 4) is 0 Å². The molecule has 84 valence electrons. The quantitative estimate of drug-likeness (QED) is 0.552. The molecule has 0 fully saturated rings. The van der Waals surface area contributed by atoms with Crippen LogP contribution in [0.4, 0.5) is 5.69 Å². The van der Waals surface area contributed by atoms with Crippen LogP contribution in [0.5, 0.6) is 0 Å². The first-order chi connectivity index (χ1) is 7.02. The molecule has 1 aromatic rings. The number of hydrogen-bond donors (Lipinski definition) is 4. The molecular formula is C9H16N4O2. The van der Waals surface area contributed by atoms with Gasteiger partial charge in [0.25, 0.3) is 5.91 Å². The Hall–Kier alpha value is -1.56. The Morgan fingerprint density at radius 1 is 1.73 bits per heavy atom. The summed E-state index contributed by atoms with van der Waals surface area (Å²) in [6.45, 7) is 3.96. The minimum atomic E-state index is -0.557. The SMILES string of the molecule is CC(C)C(O)CNC(=O)c1[nH]ncc1N. The summed E-state index contributed by atoms with van der Waals surface area (Å²) in [6.07, 6.45) is 0.812. The van der Waals surface area contributed by atoms with Crippen molar-refractivity contribution in [2.75, 3.05) is 12.3 Å². The maximum Gasteiger partial charge on any atom is 0.271 e. The third kappa shape index (κ3) is 2.95. The second-order valence-electron chi connectivity index (χ2n) is 3.72. The van der Waals surface area contributed by atoms with Crippen molar-refractivity contribution in [1.29, 1.82) is 0 Å². The average Bonchev–Trinajstić information content (AvgIpc) is 2.60. The van der Waals surface area contributed by atoms with Crippen molar-refractivity contribution < 1.29 is 9.90 Å². The number of carbonyl (C=O) groups excluding carboxylic acids is 1. The highest BCUT2D eigenvalue weighted by molar-refractivity contribution is 5.96. The molecule has 1 amide bonds. The Morgan fingerprint density at radius 2 is 2.40 bits per heavy atom. The van der Waals surface area contributed by atoms with E-state index in [1.54, 1.807) is 0 Å². The highest BCUT2D eigenvalue weighted by atomic mass is 16.3. The molecule has 6 nitrogen and oxygen atoms in total. The van der Waals surface area contributed by atoms with Gasteiger partial charge in [-0.1, -0.05) is 13.8 Å². The predicted octanol–water partition coefficient (Wildman–Crippen LogP) is -0.261. The lowest BCUT2D eigenvalue weighted by Gasteiger charge is -2.14. The van der Waals surface area contributed by atoms with Gasteiger partial charge in [-0.15, -0.1) is 0 Å². The molecule has 0 aliphatic heterocycles. The molecule has 1 aromatic heterocycles. The molecule has 0 bridgehead atoms. The van der Waals surface area contributed by atoms with Crippen molar-refractivity contribution in [3.63, 3.8) is 0 Å². The molecule has 1 atom stereocenters. The van der Waals surface area contributed by atoms with Gasteiger partial charge in [0.1, 0.15) is 5.69 Å². The maximum absolute atomic E-state index is 11.5. The summed E-state index contributed by atoms with van der Waals surface area (Å²) >= 11 is 0. The number of H-pyrrole nitrogens is 1. The van der Waals surface area contributed by atoms with Gasteiger partial charge >= 0.3 is 0 Å². The van der Waals surface area contributed by atoms with E-state index in [9.17, 15) is 9.90 Å². The number of rotatable bonds is 4. The zero-order valence-corrected chi connectivity index (χ0v) is 8.82. The minimum Gasteiger partial charge on any atom is -0.396 e. The number of aliphatic hydroxyl groups excluding tert-OH is 1. The largest absolute Gasteiger partial charge is 0.396 e. The fraction of sp³-hybridized carbons (Fsp3) is 0.556. The summed E-state index contributed by atoms with van der Waals surface area (Å²) in [5.41, 5.74) is 6.02. The van der Waals surface area contributed by atoms with Crippen LogP contribution in [0.25, 0.3) is 0 Å². The highest BCUT2D eigenvalue weighted by Crippen LogP contribution is 2.05. The fourth-order valence-electron chi connectivity index (χ4n) is 0.999. The lowest BCUT2D eigenvalue weighted by atomic mass is 10.1. The van der Waals surface area contributed by atoms with E-state index in [-0.39, 0.29) is 24.1 Å². The van der Waals surface area contributed by atoms with E-state index in [1.165, 1.54) is 6.20 Å². The number of nitrogens with two attached hydrogens (primary N) is 1. The van der Waals surface area contributed by atoms with Crippen molar-refractivity contribution in [2.24, 2.45) is 5.92 Å². The van der Waals surface area contributed by atoms with Gasteiger partial charge in [-0.2, -0.15) is 5.10 Å². The van der Waals surface area contributed by atoms with Gasteiger partial charge in [-0.25, -0.2) is 0 Å². The van der Waals surface area contributed by atoms with Crippen molar-refractivity contribution >= 4 is 11.6 Å². The molecule has 0 spiro atoms. The summed E-state index contributed by atoms with van der Waals surface area (Å²) in [5.74, 6) is -0.255. The Morgan fingerprint density at radius 3 is 2.87 bits per heavy atom. The Labute approximate surface area is 87.9 Å². The van der Waals surface area contributed by atoms with Crippen LogP contribution < -0.4 is 11.1 Å². The van der Waals surface area contributed by atoms with E-state index in [4.69, 9.17) is 5.73 Å². The summed E-state index contributed by atoms with van der Waals surface area (Å²) in [5, 5.41) is 18.2.